The molecule has 6 nitrogen and oxygen atoms in total. The van der Waals surface area contributed by atoms with Gasteiger partial charge in [-0.25, -0.2) is 4.98 Å². The van der Waals surface area contributed by atoms with E-state index in [-0.39, 0.29) is 5.56 Å². The second-order valence-corrected chi connectivity index (χ2v) is 5.58. The number of aromatic amines is 1. The molecule has 2 N–H and O–H groups in total. The maximum atomic E-state index is 11.8. The van der Waals surface area contributed by atoms with E-state index >= 15 is 0 Å². The van der Waals surface area contributed by atoms with Crippen LogP contribution in [0.1, 0.15) is 17.1 Å². The summed E-state index contributed by atoms with van der Waals surface area (Å²) < 4.78 is 2.47. The molecule has 0 radical (unpaired) electrons. The van der Waals surface area contributed by atoms with Gasteiger partial charge in [0.05, 0.1) is 17.8 Å². The number of nitrogens with one attached hydrogen (secondary N) is 2. The Morgan fingerprint density at radius 3 is 3.05 bits per heavy atom. The molecule has 7 heteroatoms. The smallest absolute Gasteiger partial charge is 0.268 e. The van der Waals surface area contributed by atoms with E-state index in [1.54, 1.807) is 4.68 Å². The fourth-order valence-electron chi connectivity index (χ4n) is 2.14. The van der Waals surface area contributed by atoms with E-state index in [0.717, 1.165) is 16.8 Å². The molecule has 3 aromatic heterocycles. The van der Waals surface area contributed by atoms with Crippen LogP contribution in [0.4, 0.5) is 0 Å². The van der Waals surface area contributed by atoms with Gasteiger partial charge in [-0.1, -0.05) is 0 Å². The van der Waals surface area contributed by atoms with Crippen LogP contribution in [0.2, 0.25) is 0 Å². The fraction of sp³-hybridized carbons (Fsp3) is 0.308. The summed E-state index contributed by atoms with van der Waals surface area (Å²) in [5.41, 5.74) is 2.84. The molecule has 0 unspecified atom stereocenters. The topological polar surface area (TPSA) is 75.6 Å². The van der Waals surface area contributed by atoms with Gasteiger partial charge in [-0.15, -0.1) is 11.3 Å². The Kier molecular flexibility index (Phi) is 3.37. The van der Waals surface area contributed by atoms with Crippen LogP contribution in [-0.4, -0.2) is 19.7 Å². The molecule has 0 aliphatic heterocycles. The zero-order valence-electron chi connectivity index (χ0n) is 11.3. The predicted octanol–water partition coefficient (Wildman–Crippen LogP) is 1.32. The van der Waals surface area contributed by atoms with Crippen LogP contribution >= 0.6 is 11.3 Å². The maximum absolute atomic E-state index is 11.8. The van der Waals surface area contributed by atoms with Gasteiger partial charge in [0.15, 0.2) is 0 Å². The van der Waals surface area contributed by atoms with E-state index in [9.17, 15) is 4.79 Å². The first-order valence-electron chi connectivity index (χ1n) is 6.30. The first-order chi connectivity index (χ1) is 9.63. The van der Waals surface area contributed by atoms with E-state index in [0.29, 0.717) is 23.6 Å². The highest BCUT2D eigenvalue weighted by Crippen LogP contribution is 2.13. The van der Waals surface area contributed by atoms with E-state index in [4.69, 9.17) is 0 Å². The Bertz CT molecular complexity index is 801. The van der Waals surface area contributed by atoms with Crippen molar-refractivity contribution >= 4 is 21.6 Å². The van der Waals surface area contributed by atoms with Gasteiger partial charge in [-0.2, -0.15) is 5.10 Å². The number of H-pyrrole nitrogens is 1. The van der Waals surface area contributed by atoms with E-state index in [1.807, 2.05) is 31.6 Å². The van der Waals surface area contributed by atoms with Gasteiger partial charge < -0.3 is 10.3 Å². The summed E-state index contributed by atoms with van der Waals surface area (Å²) in [4.78, 5) is 19.1. The molecular formula is C13H15N5OS. The van der Waals surface area contributed by atoms with Crippen molar-refractivity contribution in [2.45, 2.75) is 20.0 Å². The summed E-state index contributed by atoms with van der Waals surface area (Å²) >= 11 is 1.41. The molecule has 3 rings (SSSR count). The average Bonchev–Trinajstić information content (AvgIpc) is 2.97. The Morgan fingerprint density at radius 1 is 1.45 bits per heavy atom. The molecule has 20 heavy (non-hydrogen) atoms. The Balaban J connectivity index is 1.71. The molecule has 3 heterocycles. The monoisotopic (exact) mass is 289 g/mol. The largest absolute Gasteiger partial charge is 0.308 e. The zero-order valence-corrected chi connectivity index (χ0v) is 12.1. The van der Waals surface area contributed by atoms with E-state index in [1.165, 1.54) is 11.3 Å². The third-order valence-electron chi connectivity index (χ3n) is 3.09. The van der Waals surface area contributed by atoms with Gasteiger partial charge in [-0.3, -0.25) is 9.48 Å². The lowest BCUT2D eigenvalue weighted by Crippen LogP contribution is -2.18. The van der Waals surface area contributed by atoms with Gasteiger partial charge in [0.25, 0.3) is 5.56 Å². The summed E-state index contributed by atoms with van der Waals surface area (Å²) in [6.07, 6.45) is 1.99. The highest BCUT2D eigenvalue weighted by atomic mass is 32.1. The van der Waals surface area contributed by atoms with Crippen molar-refractivity contribution in [3.05, 3.63) is 45.1 Å². The third-order valence-corrected chi connectivity index (χ3v) is 3.99. The van der Waals surface area contributed by atoms with Gasteiger partial charge in [0, 0.05) is 25.4 Å². The molecule has 0 saturated carbocycles. The molecule has 0 atom stereocenters. The molecule has 3 aromatic rings. The minimum Gasteiger partial charge on any atom is -0.308 e. The molecular weight excluding hydrogens is 274 g/mol. The van der Waals surface area contributed by atoms with Gasteiger partial charge >= 0.3 is 0 Å². The number of hydrogen-bond acceptors (Lipinski definition) is 5. The molecule has 0 aromatic carbocycles. The number of aryl methyl sites for hydroxylation is 2. The summed E-state index contributed by atoms with van der Waals surface area (Å²) in [5, 5.41) is 9.44. The Hall–Kier alpha value is -1.99. The van der Waals surface area contributed by atoms with Gasteiger partial charge in [-0.05, 0) is 18.4 Å². The second-order valence-electron chi connectivity index (χ2n) is 4.66. The summed E-state index contributed by atoms with van der Waals surface area (Å²) in [6, 6.07) is 1.87. The number of thiophene rings is 1. The van der Waals surface area contributed by atoms with Crippen molar-refractivity contribution in [2.24, 2.45) is 7.05 Å². The number of aromatic nitrogens is 4. The molecule has 104 valence electrons. The van der Waals surface area contributed by atoms with E-state index in [2.05, 4.69) is 20.4 Å². The summed E-state index contributed by atoms with van der Waals surface area (Å²) in [6.45, 7) is 3.20. The lowest BCUT2D eigenvalue weighted by atomic mass is 10.2. The molecule has 0 amide bonds. The van der Waals surface area contributed by atoms with Crippen LogP contribution in [0.25, 0.3) is 10.2 Å². The number of fused-ring (bicyclic) bond motifs is 1. The molecule has 0 spiro atoms. The first kappa shape index (κ1) is 13.0. The standard InChI is InChI=1S/C13H15N5OS/c1-8-9(7-18(2)17-8)5-14-6-11-15-10-3-4-20-12(10)13(19)16-11/h3-4,7,14H,5-6H2,1-2H3,(H,15,16,19). The zero-order chi connectivity index (χ0) is 14.1. The Morgan fingerprint density at radius 2 is 2.30 bits per heavy atom. The van der Waals surface area contributed by atoms with Crippen molar-refractivity contribution in [3.63, 3.8) is 0 Å². The van der Waals surface area contributed by atoms with Crippen LogP contribution in [0.5, 0.6) is 0 Å². The molecule has 0 aliphatic rings. The number of nitrogens with zero attached hydrogens (tertiary/aromatic N) is 3. The minimum absolute atomic E-state index is 0.0700. The maximum Gasteiger partial charge on any atom is 0.268 e. The summed E-state index contributed by atoms with van der Waals surface area (Å²) in [7, 11) is 1.90. The molecule has 0 bridgehead atoms. The minimum atomic E-state index is -0.0700. The molecule has 0 aliphatic carbocycles. The van der Waals surface area contributed by atoms with Crippen LogP contribution in [0.15, 0.2) is 22.4 Å². The first-order valence-corrected chi connectivity index (χ1v) is 7.17. The van der Waals surface area contributed by atoms with Gasteiger partial charge in [0.1, 0.15) is 10.5 Å². The quantitative estimate of drug-likeness (QED) is 0.759. The van der Waals surface area contributed by atoms with Crippen LogP contribution in [0.3, 0.4) is 0 Å². The highest BCUT2D eigenvalue weighted by molar-refractivity contribution is 7.17. The van der Waals surface area contributed by atoms with Crippen molar-refractivity contribution < 1.29 is 0 Å². The summed E-state index contributed by atoms with van der Waals surface area (Å²) in [5.74, 6) is 0.655. The normalized spacial score (nSPS) is 11.3. The fourth-order valence-corrected chi connectivity index (χ4v) is 2.87. The molecule has 0 saturated heterocycles. The predicted molar refractivity (Wildman–Crippen MR) is 78.7 cm³/mol. The van der Waals surface area contributed by atoms with Crippen molar-refractivity contribution in [1.82, 2.24) is 25.1 Å². The Labute approximate surface area is 119 Å². The number of rotatable bonds is 4. The van der Waals surface area contributed by atoms with Gasteiger partial charge in [0.2, 0.25) is 0 Å². The van der Waals surface area contributed by atoms with Crippen LogP contribution in [-0.2, 0) is 20.1 Å². The van der Waals surface area contributed by atoms with Crippen molar-refractivity contribution in [3.8, 4) is 0 Å². The van der Waals surface area contributed by atoms with Crippen LogP contribution < -0.4 is 10.9 Å². The third kappa shape index (κ3) is 2.50. The van der Waals surface area contributed by atoms with E-state index < -0.39 is 0 Å². The lowest BCUT2D eigenvalue weighted by Gasteiger charge is -2.03. The second kappa shape index (κ2) is 5.18. The van der Waals surface area contributed by atoms with Crippen LogP contribution in [0, 0.1) is 6.92 Å². The average molecular weight is 289 g/mol. The lowest BCUT2D eigenvalue weighted by molar-refractivity contribution is 0.661. The van der Waals surface area contributed by atoms with Crippen molar-refractivity contribution in [2.75, 3.05) is 0 Å². The molecule has 0 fully saturated rings. The highest BCUT2D eigenvalue weighted by Gasteiger charge is 2.06. The van der Waals surface area contributed by atoms with Crippen molar-refractivity contribution in [1.29, 1.82) is 0 Å². The SMILES string of the molecule is Cc1nn(C)cc1CNCc1nc2ccsc2c(=O)[nH]1. The number of hydrogen-bond donors (Lipinski definition) is 2.